The number of nitrogen functional groups attached to an aromatic ring is 1. The Kier molecular flexibility index (Phi) is 4.80. The fraction of sp³-hybridized carbons (Fsp3) is 0.462. The molecule has 1 rings (SSSR count). The average Bonchev–Trinajstić information content (AvgIpc) is 2.29. The molecule has 1 aromatic carbocycles. The zero-order valence-electron chi connectivity index (χ0n) is 10.6. The second-order valence-corrected chi connectivity index (χ2v) is 4.23. The van der Waals surface area contributed by atoms with Crippen LogP contribution in [0.25, 0.3) is 0 Å². The van der Waals surface area contributed by atoms with Crippen molar-refractivity contribution in [2.45, 2.75) is 20.0 Å². The van der Waals surface area contributed by atoms with E-state index in [1.807, 2.05) is 25.8 Å². The Morgan fingerprint density at radius 3 is 2.76 bits per heavy atom. The van der Waals surface area contributed by atoms with Crippen LogP contribution in [0.15, 0.2) is 18.2 Å². The van der Waals surface area contributed by atoms with Gasteiger partial charge in [0.1, 0.15) is 0 Å². The SMILES string of the molecule is CC(C)OCCN(C)c1cc(C#N)ccc1N. The van der Waals surface area contributed by atoms with Crippen LogP contribution in [0, 0.1) is 11.3 Å². The van der Waals surface area contributed by atoms with E-state index >= 15 is 0 Å². The van der Waals surface area contributed by atoms with E-state index in [1.165, 1.54) is 0 Å². The second kappa shape index (κ2) is 6.12. The van der Waals surface area contributed by atoms with Crippen molar-refractivity contribution >= 4 is 11.4 Å². The van der Waals surface area contributed by atoms with E-state index < -0.39 is 0 Å². The lowest BCUT2D eigenvalue weighted by atomic mass is 10.2. The first kappa shape index (κ1) is 13.3. The second-order valence-electron chi connectivity index (χ2n) is 4.23. The summed E-state index contributed by atoms with van der Waals surface area (Å²) < 4.78 is 5.48. The smallest absolute Gasteiger partial charge is 0.0992 e. The van der Waals surface area contributed by atoms with Crippen molar-refractivity contribution in [2.75, 3.05) is 30.8 Å². The molecule has 0 radical (unpaired) electrons. The van der Waals surface area contributed by atoms with Gasteiger partial charge in [-0.25, -0.2) is 0 Å². The van der Waals surface area contributed by atoms with Crippen LogP contribution in [0.1, 0.15) is 19.4 Å². The van der Waals surface area contributed by atoms with Crippen molar-refractivity contribution in [3.05, 3.63) is 23.8 Å². The molecule has 17 heavy (non-hydrogen) atoms. The molecule has 92 valence electrons. The van der Waals surface area contributed by atoms with Crippen molar-refractivity contribution in [3.8, 4) is 6.07 Å². The van der Waals surface area contributed by atoms with Crippen LogP contribution in [0.5, 0.6) is 0 Å². The molecule has 0 fully saturated rings. The lowest BCUT2D eigenvalue weighted by Crippen LogP contribution is -2.24. The van der Waals surface area contributed by atoms with E-state index in [0.717, 1.165) is 12.2 Å². The number of hydrogen-bond acceptors (Lipinski definition) is 4. The minimum Gasteiger partial charge on any atom is -0.397 e. The third-order valence-corrected chi connectivity index (χ3v) is 2.45. The maximum absolute atomic E-state index is 8.85. The number of likely N-dealkylation sites (N-methyl/N-ethyl adjacent to an activating group) is 1. The summed E-state index contributed by atoms with van der Waals surface area (Å²) in [7, 11) is 1.94. The maximum atomic E-state index is 8.85. The first-order valence-corrected chi connectivity index (χ1v) is 5.67. The van der Waals surface area contributed by atoms with Gasteiger partial charge in [0, 0.05) is 13.6 Å². The fourth-order valence-corrected chi connectivity index (χ4v) is 1.49. The van der Waals surface area contributed by atoms with Gasteiger partial charge in [-0.1, -0.05) is 0 Å². The number of nitrogens with zero attached hydrogens (tertiary/aromatic N) is 2. The first-order valence-electron chi connectivity index (χ1n) is 5.67. The lowest BCUT2D eigenvalue weighted by Gasteiger charge is -2.21. The molecule has 4 heteroatoms. The van der Waals surface area contributed by atoms with E-state index in [1.54, 1.807) is 18.2 Å². The molecule has 0 unspecified atom stereocenters. The summed E-state index contributed by atoms with van der Waals surface area (Å²) in [5.41, 5.74) is 8.05. The summed E-state index contributed by atoms with van der Waals surface area (Å²) in [6.07, 6.45) is 0.228. The van der Waals surface area contributed by atoms with Gasteiger partial charge in [-0.2, -0.15) is 5.26 Å². The molecule has 0 spiro atoms. The predicted octanol–water partition coefficient (Wildman–Crippen LogP) is 2.00. The molecule has 0 aliphatic rings. The summed E-state index contributed by atoms with van der Waals surface area (Å²) in [5.74, 6) is 0. The van der Waals surface area contributed by atoms with E-state index in [0.29, 0.717) is 17.9 Å². The third kappa shape index (κ3) is 3.97. The van der Waals surface area contributed by atoms with Crippen LogP contribution >= 0.6 is 0 Å². The first-order chi connectivity index (χ1) is 8.04. The lowest BCUT2D eigenvalue weighted by molar-refractivity contribution is 0.0846. The molecule has 0 amide bonds. The molecule has 2 N–H and O–H groups in total. The zero-order valence-corrected chi connectivity index (χ0v) is 10.6. The van der Waals surface area contributed by atoms with Crippen LogP contribution in [0.2, 0.25) is 0 Å². The summed E-state index contributed by atoms with van der Waals surface area (Å²) in [4.78, 5) is 2.00. The van der Waals surface area contributed by atoms with Crippen molar-refractivity contribution in [1.82, 2.24) is 0 Å². The van der Waals surface area contributed by atoms with Crippen LogP contribution in [-0.4, -0.2) is 26.3 Å². The highest BCUT2D eigenvalue weighted by Gasteiger charge is 2.06. The van der Waals surface area contributed by atoms with Crippen LogP contribution in [-0.2, 0) is 4.74 Å². The van der Waals surface area contributed by atoms with Crippen LogP contribution in [0.4, 0.5) is 11.4 Å². The molecular formula is C13H19N3O. The van der Waals surface area contributed by atoms with Crippen molar-refractivity contribution < 1.29 is 4.74 Å². The molecule has 0 aliphatic carbocycles. The molecule has 0 bridgehead atoms. The van der Waals surface area contributed by atoms with Crippen molar-refractivity contribution in [1.29, 1.82) is 5.26 Å². The molecule has 1 aromatic rings. The monoisotopic (exact) mass is 233 g/mol. The standard InChI is InChI=1S/C13H19N3O/c1-10(2)17-7-6-16(3)13-8-11(9-14)4-5-12(13)15/h4-5,8,10H,6-7,15H2,1-3H3. The molecule has 0 saturated carbocycles. The quantitative estimate of drug-likeness (QED) is 0.790. The number of hydrogen-bond donors (Lipinski definition) is 1. The minimum atomic E-state index is 0.228. The van der Waals surface area contributed by atoms with Gasteiger partial charge in [-0.15, -0.1) is 0 Å². The van der Waals surface area contributed by atoms with Gasteiger partial charge >= 0.3 is 0 Å². The highest BCUT2D eigenvalue weighted by atomic mass is 16.5. The number of ether oxygens (including phenoxy) is 1. The van der Waals surface area contributed by atoms with E-state index in [2.05, 4.69) is 6.07 Å². The molecule has 0 heterocycles. The Morgan fingerprint density at radius 1 is 1.47 bits per heavy atom. The van der Waals surface area contributed by atoms with Crippen LogP contribution in [0.3, 0.4) is 0 Å². The molecule has 0 aromatic heterocycles. The number of nitriles is 1. The summed E-state index contributed by atoms with van der Waals surface area (Å²) in [5, 5.41) is 8.85. The van der Waals surface area contributed by atoms with Gasteiger partial charge < -0.3 is 15.4 Å². The predicted molar refractivity (Wildman–Crippen MR) is 69.9 cm³/mol. The largest absolute Gasteiger partial charge is 0.397 e. The zero-order chi connectivity index (χ0) is 12.8. The third-order valence-electron chi connectivity index (χ3n) is 2.45. The fourth-order valence-electron chi connectivity index (χ4n) is 1.49. The molecule has 0 aliphatic heterocycles. The number of rotatable bonds is 5. The Balaban J connectivity index is 2.68. The topological polar surface area (TPSA) is 62.3 Å². The summed E-state index contributed by atoms with van der Waals surface area (Å²) in [6, 6.07) is 7.38. The van der Waals surface area contributed by atoms with Gasteiger partial charge in [0.05, 0.1) is 35.7 Å². The van der Waals surface area contributed by atoms with E-state index in [9.17, 15) is 0 Å². The van der Waals surface area contributed by atoms with Crippen molar-refractivity contribution in [2.24, 2.45) is 0 Å². The Labute approximate surface area is 103 Å². The van der Waals surface area contributed by atoms with E-state index in [-0.39, 0.29) is 6.10 Å². The molecular weight excluding hydrogens is 214 g/mol. The van der Waals surface area contributed by atoms with Gasteiger partial charge in [0.15, 0.2) is 0 Å². The Morgan fingerprint density at radius 2 is 2.18 bits per heavy atom. The Bertz CT molecular complexity index is 410. The molecule has 0 saturated heterocycles. The van der Waals surface area contributed by atoms with Gasteiger partial charge in [-0.05, 0) is 32.0 Å². The van der Waals surface area contributed by atoms with Gasteiger partial charge in [0.25, 0.3) is 0 Å². The Hall–Kier alpha value is -1.73. The highest BCUT2D eigenvalue weighted by Crippen LogP contribution is 2.23. The van der Waals surface area contributed by atoms with E-state index in [4.69, 9.17) is 15.7 Å². The minimum absolute atomic E-state index is 0.228. The van der Waals surface area contributed by atoms with Gasteiger partial charge in [-0.3, -0.25) is 0 Å². The number of nitrogens with two attached hydrogens (primary N) is 1. The normalized spacial score (nSPS) is 10.3. The van der Waals surface area contributed by atoms with Crippen molar-refractivity contribution in [3.63, 3.8) is 0 Å². The van der Waals surface area contributed by atoms with Crippen LogP contribution < -0.4 is 10.6 Å². The maximum Gasteiger partial charge on any atom is 0.0992 e. The average molecular weight is 233 g/mol. The molecule has 4 nitrogen and oxygen atoms in total. The summed E-state index contributed by atoms with van der Waals surface area (Å²) in [6.45, 7) is 5.40. The highest BCUT2D eigenvalue weighted by molar-refractivity contribution is 5.69. The number of anilines is 2. The summed E-state index contributed by atoms with van der Waals surface area (Å²) >= 11 is 0. The van der Waals surface area contributed by atoms with Gasteiger partial charge in [0.2, 0.25) is 0 Å². The molecule has 0 atom stereocenters. The number of benzene rings is 1.